The Morgan fingerprint density at radius 1 is 1.25 bits per heavy atom. The molecule has 3 aromatic rings. The van der Waals surface area contributed by atoms with Crippen LogP contribution in [0, 0.1) is 5.82 Å². The fourth-order valence-corrected chi connectivity index (χ4v) is 2.50. The molecule has 0 fully saturated rings. The highest BCUT2D eigenvalue weighted by Gasteiger charge is 2.11. The van der Waals surface area contributed by atoms with Gasteiger partial charge in [0.05, 0.1) is 5.56 Å². The van der Waals surface area contributed by atoms with Crippen LogP contribution >= 0.6 is 11.3 Å². The lowest BCUT2D eigenvalue weighted by Crippen LogP contribution is -2.04. The van der Waals surface area contributed by atoms with Crippen LogP contribution in [0.25, 0.3) is 11.4 Å². The van der Waals surface area contributed by atoms with Crippen molar-refractivity contribution >= 4 is 17.4 Å². The maximum Gasteiger partial charge on any atom is 0.321 e. The number of thiophene rings is 1. The molecule has 2 heterocycles. The van der Waals surface area contributed by atoms with E-state index in [0.29, 0.717) is 18.1 Å². The monoisotopic (exact) mass is 289 g/mol. The number of hydrogen-bond acceptors (Lipinski definition) is 5. The predicted molar refractivity (Wildman–Crippen MR) is 76.2 cm³/mol. The van der Waals surface area contributed by atoms with Crippen molar-refractivity contribution in [2.24, 2.45) is 0 Å². The first kappa shape index (κ1) is 12.8. The molecule has 0 aliphatic carbocycles. The minimum atomic E-state index is -0.363. The Bertz CT molecular complexity index is 681. The molecule has 0 aliphatic heterocycles. The van der Waals surface area contributed by atoms with Gasteiger partial charge in [0.1, 0.15) is 5.82 Å². The van der Waals surface area contributed by atoms with Crippen LogP contribution in [0.3, 0.4) is 0 Å². The SMILES string of the molecule is Fc1ccccc1-c1noc(NCCc2ccsc2)n1. The van der Waals surface area contributed by atoms with E-state index in [2.05, 4.69) is 26.9 Å². The van der Waals surface area contributed by atoms with Gasteiger partial charge in [-0.2, -0.15) is 16.3 Å². The number of rotatable bonds is 5. The van der Waals surface area contributed by atoms with E-state index in [4.69, 9.17) is 4.52 Å². The van der Waals surface area contributed by atoms with Crippen LogP contribution in [-0.2, 0) is 6.42 Å². The van der Waals surface area contributed by atoms with Gasteiger partial charge in [-0.3, -0.25) is 0 Å². The van der Waals surface area contributed by atoms with Gasteiger partial charge in [0.25, 0.3) is 0 Å². The first-order valence-electron chi connectivity index (χ1n) is 6.16. The van der Waals surface area contributed by atoms with Gasteiger partial charge in [0, 0.05) is 6.54 Å². The first-order valence-corrected chi connectivity index (χ1v) is 7.11. The Balaban J connectivity index is 1.64. The molecule has 0 bridgehead atoms. The van der Waals surface area contributed by atoms with Crippen LogP contribution in [0.15, 0.2) is 45.6 Å². The summed E-state index contributed by atoms with van der Waals surface area (Å²) in [7, 11) is 0. The van der Waals surface area contributed by atoms with E-state index in [0.717, 1.165) is 6.42 Å². The Hall–Kier alpha value is -2.21. The fourth-order valence-electron chi connectivity index (χ4n) is 1.80. The summed E-state index contributed by atoms with van der Waals surface area (Å²) in [4.78, 5) is 4.13. The molecule has 1 N–H and O–H groups in total. The van der Waals surface area contributed by atoms with Crippen molar-refractivity contribution in [3.63, 3.8) is 0 Å². The van der Waals surface area contributed by atoms with Gasteiger partial charge in [0.15, 0.2) is 0 Å². The van der Waals surface area contributed by atoms with Crippen LogP contribution in [0.4, 0.5) is 10.4 Å². The third-order valence-corrected chi connectivity index (χ3v) is 3.54. The molecule has 1 aromatic carbocycles. The maximum atomic E-state index is 13.6. The molecule has 6 heteroatoms. The summed E-state index contributed by atoms with van der Waals surface area (Å²) in [5.74, 6) is -0.112. The molecule has 0 saturated carbocycles. The van der Waals surface area contributed by atoms with Crippen molar-refractivity contribution in [1.82, 2.24) is 10.1 Å². The second kappa shape index (κ2) is 5.83. The number of aromatic nitrogens is 2. The number of benzene rings is 1. The Morgan fingerprint density at radius 3 is 2.95 bits per heavy atom. The average molecular weight is 289 g/mol. The molecule has 0 atom stereocenters. The van der Waals surface area contributed by atoms with E-state index < -0.39 is 0 Å². The third kappa shape index (κ3) is 2.85. The van der Waals surface area contributed by atoms with Gasteiger partial charge in [-0.15, -0.1) is 0 Å². The molecule has 3 rings (SSSR count). The van der Waals surface area contributed by atoms with Crippen LogP contribution in [0.2, 0.25) is 0 Å². The summed E-state index contributed by atoms with van der Waals surface area (Å²) in [5.41, 5.74) is 1.60. The number of halogens is 1. The molecule has 0 aliphatic rings. The highest BCUT2D eigenvalue weighted by molar-refractivity contribution is 7.07. The Kier molecular flexibility index (Phi) is 3.73. The second-order valence-corrected chi connectivity index (χ2v) is 4.99. The van der Waals surface area contributed by atoms with E-state index in [1.807, 2.05) is 5.38 Å². The highest BCUT2D eigenvalue weighted by atomic mass is 32.1. The van der Waals surface area contributed by atoms with Crippen molar-refractivity contribution in [2.75, 3.05) is 11.9 Å². The molecular weight excluding hydrogens is 277 g/mol. The molecule has 0 spiro atoms. The molecule has 0 amide bonds. The maximum absolute atomic E-state index is 13.6. The molecule has 0 saturated heterocycles. The minimum absolute atomic E-state index is 0.251. The van der Waals surface area contributed by atoms with Crippen molar-refractivity contribution in [3.05, 3.63) is 52.5 Å². The topological polar surface area (TPSA) is 51.0 Å². The van der Waals surface area contributed by atoms with Gasteiger partial charge in [-0.05, 0) is 40.9 Å². The van der Waals surface area contributed by atoms with E-state index in [1.54, 1.807) is 29.5 Å². The molecule has 0 radical (unpaired) electrons. The number of nitrogens with zero attached hydrogens (tertiary/aromatic N) is 2. The Morgan fingerprint density at radius 2 is 2.15 bits per heavy atom. The molecule has 0 unspecified atom stereocenters. The number of nitrogens with one attached hydrogen (secondary N) is 1. The van der Waals surface area contributed by atoms with Crippen molar-refractivity contribution in [2.45, 2.75) is 6.42 Å². The smallest absolute Gasteiger partial charge is 0.321 e. The lowest BCUT2D eigenvalue weighted by atomic mass is 10.2. The summed E-state index contributed by atoms with van der Waals surface area (Å²) < 4.78 is 18.6. The van der Waals surface area contributed by atoms with Crippen LogP contribution < -0.4 is 5.32 Å². The zero-order valence-corrected chi connectivity index (χ0v) is 11.4. The summed E-state index contributed by atoms with van der Waals surface area (Å²) >= 11 is 1.67. The lowest BCUT2D eigenvalue weighted by Gasteiger charge is -1.98. The minimum Gasteiger partial charge on any atom is -0.337 e. The molecule has 2 aromatic heterocycles. The van der Waals surface area contributed by atoms with Crippen LogP contribution in [-0.4, -0.2) is 16.7 Å². The highest BCUT2D eigenvalue weighted by Crippen LogP contribution is 2.20. The van der Waals surface area contributed by atoms with E-state index in [1.165, 1.54) is 11.6 Å². The van der Waals surface area contributed by atoms with Gasteiger partial charge in [0.2, 0.25) is 5.82 Å². The average Bonchev–Trinajstić information content (AvgIpc) is 3.11. The lowest BCUT2D eigenvalue weighted by molar-refractivity contribution is 0.431. The molecular formula is C14H12FN3OS. The zero-order chi connectivity index (χ0) is 13.8. The van der Waals surface area contributed by atoms with Crippen LogP contribution in [0.5, 0.6) is 0 Å². The largest absolute Gasteiger partial charge is 0.337 e. The number of hydrogen-bond donors (Lipinski definition) is 1. The first-order chi connectivity index (χ1) is 9.83. The molecule has 20 heavy (non-hydrogen) atoms. The normalized spacial score (nSPS) is 10.7. The standard InChI is InChI=1S/C14H12FN3OS/c15-12-4-2-1-3-11(12)13-17-14(19-18-13)16-7-5-10-6-8-20-9-10/h1-4,6,8-9H,5,7H2,(H,16,17,18). The molecule has 102 valence electrons. The van der Waals surface area contributed by atoms with Crippen LogP contribution in [0.1, 0.15) is 5.56 Å². The summed E-state index contributed by atoms with van der Waals surface area (Å²) in [6.07, 6.45) is 0.876. The van der Waals surface area contributed by atoms with Crippen molar-refractivity contribution < 1.29 is 8.91 Å². The van der Waals surface area contributed by atoms with Crippen molar-refractivity contribution in [1.29, 1.82) is 0 Å². The third-order valence-electron chi connectivity index (χ3n) is 2.81. The zero-order valence-electron chi connectivity index (χ0n) is 10.5. The van der Waals surface area contributed by atoms with Gasteiger partial charge in [-0.1, -0.05) is 17.3 Å². The van der Waals surface area contributed by atoms with E-state index in [9.17, 15) is 4.39 Å². The van der Waals surface area contributed by atoms with Gasteiger partial charge in [-0.25, -0.2) is 4.39 Å². The summed E-state index contributed by atoms with van der Waals surface area (Å²) in [5, 5.41) is 10.9. The second-order valence-electron chi connectivity index (χ2n) is 4.21. The summed E-state index contributed by atoms with van der Waals surface area (Å²) in [6, 6.07) is 8.73. The van der Waals surface area contributed by atoms with Gasteiger partial charge < -0.3 is 9.84 Å². The molecule has 4 nitrogen and oxygen atoms in total. The summed E-state index contributed by atoms with van der Waals surface area (Å²) in [6.45, 7) is 0.690. The van der Waals surface area contributed by atoms with E-state index >= 15 is 0 Å². The van der Waals surface area contributed by atoms with E-state index in [-0.39, 0.29) is 11.6 Å². The Labute approximate surface area is 119 Å². The predicted octanol–water partition coefficient (Wildman–Crippen LogP) is 3.59. The van der Waals surface area contributed by atoms with Gasteiger partial charge >= 0.3 is 6.01 Å². The fraction of sp³-hybridized carbons (Fsp3) is 0.143. The van der Waals surface area contributed by atoms with Crippen molar-refractivity contribution in [3.8, 4) is 11.4 Å². The number of anilines is 1. The quantitative estimate of drug-likeness (QED) is 0.780.